The zero-order chi connectivity index (χ0) is 23.9. The molecule has 1 unspecified atom stereocenters. The van der Waals surface area contributed by atoms with E-state index in [0.29, 0.717) is 26.3 Å². The van der Waals surface area contributed by atoms with E-state index in [2.05, 4.69) is 15.4 Å². The molecular formula is C26H23Cl2N3O3S. The first-order valence-electron chi connectivity index (χ1n) is 10.4. The molecule has 0 aromatic heterocycles. The molecule has 2 amide bonds. The number of anilines is 2. The van der Waals surface area contributed by atoms with E-state index in [1.54, 1.807) is 42.5 Å². The smallest absolute Gasteiger partial charge is 0.319 e. The second-order valence-electron chi connectivity index (χ2n) is 7.35. The third kappa shape index (κ3) is 7.07. The Morgan fingerprint density at radius 3 is 2.20 bits per heavy atom. The highest BCUT2D eigenvalue weighted by molar-refractivity contribution is 7.86. The molecule has 35 heavy (non-hydrogen) atoms. The van der Waals surface area contributed by atoms with Crippen LogP contribution in [0.1, 0.15) is 5.56 Å². The molecule has 0 aliphatic heterocycles. The molecule has 0 saturated heterocycles. The number of halogens is 2. The van der Waals surface area contributed by atoms with Crippen LogP contribution in [0.2, 0.25) is 10.0 Å². The Hall–Kier alpha value is -3.36. The van der Waals surface area contributed by atoms with Crippen molar-refractivity contribution in [2.75, 3.05) is 10.0 Å². The standard InChI is InChI=1S/C26H21Cl2N3O2S.H2O/c27-20-10-15-24(28)19(16-20)17-29-26(32)30-21-11-13-22(14-12-21)31-34(33)25-9-5-4-8-23(25)18-6-2-1-3-7-18;/h1-16,31H,17H2,(H2,29,30,32);1H2. The van der Waals surface area contributed by atoms with Gasteiger partial charge in [-0.2, -0.15) is 0 Å². The lowest BCUT2D eigenvalue weighted by Gasteiger charge is -2.12. The molecule has 5 N–H and O–H groups in total. The van der Waals surface area contributed by atoms with Crippen LogP contribution >= 0.6 is 23.2 Å². The Kier molecular flexibility index (Phi) is 9.28. The predicted molar refractivity (Wildman–Crippen MR) is 144 cm³/mol. The Morgan fingerprint density at radius 1 is 0.800 bits per heavy atom. The maximum atomic E-state index is 13.0. The first-order chi connectivity index (χ1) is 16.5. The van der Waals surface area contributed by atoms with E-state index in [0.717, 1.165) is 16.7 Å². The Balaban J connectivity index is 0.00000342. The molecule has 9 heteroatoms. The van der Waals surface area contributed by atoms with Crippen LogP contribution in [0.3, 0.4) is 0 Å². The van der Waals surface area contributed by atoms with Crippen LogP contribution in [0.4, 0.5) is 16.2 Å². The molecule has 0 fully saturated rings. The molecule has 0 aliphatic rings. The lowest BCUT2D eigenvalue weighted by atomic mass is 10.1. The zero-order valence-corrected chi connectivity index (χ0v) is 20.8. The summed E-state index contributed by atoms with van der Waals surface area (Å²) < 4.78 is 16.1. The minimum absolute atomic E-state index is 0. The summed E-state index contributed by atoms with van der Waals surface area (Å²) in [7, 11) is -1.47. The van der Waals surface area contributed by atoms with Crippen molar-refractivity contribution in [3.05, 3.63) is 113 Å². The third-order valence-electron chi connectivity index (χ3n) is 4.97. The van der Waals surface area contributed by atoms with Gasteiger partial charge in [0.1, 0.15) is 0 Å². The van der Waals surface area contributed by atoms with Gasteiger partial charge >= 0.3 is 6.03 Å². The summed E-state index contributed by atoms with van der Waals surface area (Å²) in [5.41, 5.74) is 3.89. The molecule has 0 saturated carbocycles. The molecule has 1 atom stereocenters. The number of carbonyl (C=O) groups excluding carboxylic acids is 1. The first kappa shape index (κ1) is 26.2. The van der Waals surface area contributed by atoms with Gasteiger partial charge in [-0.1, -0.05) is 71.7 Å². The Morgan fingerprint density at radius 2 is 1.46 bits per heavy atom. The summed E-state index contributed by atoms with van der Waals surface area (Å²) in [5.74, 6) is 0. The molecule has 4 aromatic rings. The van der Waals surface area contributed by atoms with Gasteiger partial charge in [0.25, 0.3) is 0 Å². The second kappa shape index (κ2) is 12.4. The molecule has 0 radical (unpaired) electrons. The molecule has 0 spiro atoms. The monoisotopic (exact) mass is 527 g/mol. The van der Waals surface area contributed by atoms with Crippen molar-refractivity contribution in [3.63, 3.8) is 0 Å². The predicted octanol–water partition coefficient (Wildman–Crippen LogP) is 6.29. The number of hydrogen-bond donors (Lipinski definition) is 3. The van der Waals surface area contributed by atoms with Gasteiger partial charge in [-0.3, -0.25) is 0 Å². The third-order valence-corrected chi connectivity index (χ3v) is 6.75. The molecular weight excluding hydrogens is 505 g/mol. The average molecular weight is 528 g/mol. The van der Waals surface area contributed by atoms with Crippen LogP contribution in [0.15, 0.2) is 102 Å². The number of rotatable bonds is 7. The van der Waals surface area contributed by atoms with Crippen molar-refractivity contribution in [2.24, 2.45) is 0 Å². The zero-order valence-electron chi connectivity index (χ0n) is 18.4. The maximum absolute atomic E-state index is 13.0. The van der Waals surface area contributed by atoms with Crippen LogP contribution in [-0.4, -0.2) is 15.7 Å². The SMILES string of the molecule is O.O=C(NCc1cc(Cl)ccc1Cl)Nc1ccc(NS(=O)c2ccccc2-c2ccccc2)cc1. The quantitative estimate of drug-likeness (QED) is 0.263. The van der Waals surface area contributed by atoms with Crippen molar-refractivity contribution >= 4 is 51.6 Å². The number of carbonyl (C=O) groups is 1. The van der Waals surface area contributed by atoms with Gasteiger partial charge < -0.3 is 20.8 Å². The van der Waals surface area contributed by atoms with Crippen molar-refractivity contribution in [1.82, 2.24) is 5.32 Å². The summed E-state index contributed by atoms with van der Waals surface area (Å²) in [6, 6.07) is 29.1. The largest absolute Gasteiger partial charge is 0.412 e. The number of benzene rings is 4. The fourth-order valence-corrected chi connectivity index (χ4v) is 4.72. The highest BCUT2D eigenvalue weighted by Gasteiger charge is 2.11. The van der Waals surface area contributed by atoms with Crippen LogP contribution < -0.4 is 15.4 Å². The van der Waals surface area contributed by atoms with Gasteiger partial charge in [0.15, 0.2) is 11.0 Å². The number of hydrogen-bond acceptors (Lipinski definition) is 2. The van der Waals surface area contributed by atoms with Crippen molar-refractivity contribution in [2.45, 2.75) is 11.4 Å². The van der Waals surface area contributed by atoms with E-state index in [1.807, 2.05) is 54.6 Å². The summed E-state index contributed by atoms with van der Waals surface area (Å²) in [4.78, 5) is 12.9. The molecule has 0 bridgehead atoms. The van der Waals surface area contributed by atoms with Gasteiger partial charge in [0.05, 0.1) is 4.90 Å². The fourth-order valence-electron chi connectivity index (χ4n) is 3.30. The topological polar surface area (TPSA) is 102 Å². The number of urea groups is 1. The highest BCUT2D eigenvalue weighted by Crippen LogP contribution is 2.27. The highest BCUT2D eigenvalue weighted by atomic mass is 35.5. The van der Waals surface area contributed by atoms with Crippen molar-refractivity contribution in [1.29, 1.82) is 0 Å². The van der Waals surface area contributed by atoms with E-state index in [4.69, 9.17) is 23.2 Å². The van der Waals surface area contributed by atoms with E-state index in [9.17, 15) is 9.00 Å². The molecule has 180 valence electrons. The van der Waals surface area contributed by atoms with Crippen LogP contribution in [-0.2, 0) is 17.5 Å². The maximum Gasteiger partial charge on any atom is 0.319 e. The summed E-state index contributed by atoms with van der Waals surface area (Å²) in [6.07, 6.45) is 0. The van der Waals surface area contributed by atoms with E-state index >= 15 is 0 Å². The number of nitrogens with one attached hydrogen (secondary N) is 3. The van der Waals surface area contributed by atoms with Gasteiger partial charge in [-0.25, -0.2) is 9.00 Å². The Bertz CT molecular complexity index is 1320. The Labute approximate surface area is 216 Å². The lowest BCUT2D eigenvalue weighted by molar-refractivity contribution is 0.251. The molecule has 6 nitrogen and oxygen atoms in total. The summed E-state index contributed by atoms with van der Waals surface area (Å²) >= 11 is 12.1. The fraction of sp³-hybridized carbons (Fsp3) is 0.0385. The van der Waals surface area contributed by atoms with E-state index in [-0.39, 0.29) is 18.1 Å². The van der Waals surface area contributed by atoms with E-state index < -0.39 is 11.0 Å². The minimum Gasteiger partial charge on any atom is -0.412 e. The molecule has 4 rings (SSSR count). The number of amides is 2. The summed E-state index contributed by atoms with van der Waals surface area (Å²) in [5, 5.41) is 6.59. The summed E-state index contributed by atoms with van der Waals surface area (Å²) in [6.45, 7) is 0.241. The lowest BCUT2D eigenvalue weighted by Crippen LogP contribution is -2.28. The van der Waals surface area contributed by atoms with Crippen LogP contribution in [0.25, 0.3) is 11.1 Å². The van der Waals surface area contributed by atoms with Crippen molar-refractivity contribution < 1.29 is 14.5 Å². The van der Waals surface area contributed by atoms with Crippen molar-refractivity contribution in [3.8, 4) is 11.1 Å². The van der Waals surface area contributed by atoms with Gasteiger partial charge in [0.2, 0.25) is 0 Å². The molecule has 4 aromatic carbocycles. The van der Waals surface area contributed by atoms with Gasteiger partial charge in [-0.15, -0.1) is 0 Å². The normalized spacial score (nSPS) is 11.1. The van der Waals surface area contributed by atoms with Gasteiger partial charge in [-0.05, 0) is 65.2 Å². The first-order valence-corrected chi connectivity index (χ1v) is 12.3. The average Bonchev–Trinajstić information content (AvgIpc) is 2.86. The van der Waals surface area contributed by atoms with Crippen LogP contribution in [0, 0.1) is 0 Å². The minimum atomic E-state index is -1.47. The van der Waals surface area contributed by atoms with Crippen LogP contribution in [0.5, 0.6) is 0 Å². The van der Waals surface area contributed by atoms with Gasteiger partial charge in [0, 0.05) is 28.0 Å². The molecule has 0 aliphatic carbocycles. The molecule has 0 heterocycles. The van der Waals surface area contributed by atoms with E-state index in [1.165, 1.54) is 0 Å². The second-order valence-corrected chi connectivity index (χ2v) is 9.38.